The number of nitrogens with one attached hydrogen (secondary N) is 1. The first-order valence-electron chi connectivity index (χ1n) is 6.50. The van der Waals surface area contributed by atoms with Crippen LogP contribution in [-0.4, -0.2) is 34.3 Å². The second kappa shape index (κ2) is 5.34. The Kier molecular flexibility index (Phi) is 3.54. The van der Waals surface area contributed by atoms with Crippen molar-refractivity contribution in [3.8, 4) is 10.7 Å². The van der Waals surface area contributed by atoms with E-state index in [0.29, 0.717) is 23.6 Å². The summed E-state index contributed by atoms with van der Waals surface area (Å²) in [6.07, 6.45) is 0.762. The molecule has 1 saturated heterocycles. The van der Waals surface area contributed by atoms with E-state index in [0.717, 1.165) is 35.7 Å². The summed E-state index contributed by atoms with van der Waals surface area (Å²) in [7, 11) is 0. The van der Waals surface area contributed by atoms with Crippen molar-refractivity contribution in [1.29, 1.82) is 0 Å². The minimum atomic E-state index is -0.934. The predicted octanol–water partition coefficient (Wildman–Crippen LogP) is 1.89. The summed E-state index contributed by atoms with van der Waals surface area (Å²) >= 11 is 1.15. The zero-order valence-electron chi connectivity index (χ0n) is 11.0. The minimum Gasteiger partial charge on any atom is -0.477 e. The lowest BCUT2D eigenvalue weighted by atomic mass is 9.95. The van der Waals surface area contributed by atoms with Crippen molar-refractivity contribution in [2.45, 2.75) is 13.3 Å². The van der Waals surface area contributed by atoms with Gasteiger partial charge in [-0.15, -0.1) is 11.3 Å². The van der Waals surface area contributed by atoms with Crippen LogP contribution in [-0.2, 0) is 6.42 Å². The second-order valence-corrected chi connectivity index (χ2v) is 6.16. The van der Waals surface area contributed by atoms with E-state index in [1.54, 1.807) is 12.1 Å². The maximum atomic E-state index is 10.9. The smallest absolute Gasteiger partial charge is 0.345 e. The molecule has 2 aromatic heterocycles. The Morgan fingerprint density at radius 3 is 3.05 bits per heavy atom. The number of nitrogens with zero attached hydrogens (tertiary/aromatic N) is 2. The minimum absolute atomic E-state index is 0.278. The van der Waals surface area contributed by atoms with E-state index in [-0.39, 0.29) is 4.88 Å². The molecule has 0 unspecified atom stereocenters. The molecular weight excluding hydrogens is 278 g/mol. The summed E-state index contributed by atoms with van der Waals surface area (Å²) in [6, 6.07) is 3.27. The van der Waals surface area contributed by atoms with Gasteiger partial charge in [-0.05, 0) is 37.1 Å². The van der Waals surface area contributed by atoms with Crippen LogP contribution in [0, 0.1) is 11.8 Å². The van der Waals surface area contributed by atoms with Gasteiger partial charge < -0.3 is 14.9 Å². The Morgan fingerprint density at radius 1 is 1.55 bits per heavy atom. The number of carbonyl (C=O) groups is 1. The maximum Gasteiger partial charge on any atom is 0.345 e. The molecular formula is C13H15N3O3S. The normalized spacial score (nSPS) is 22.2. The zero-order valence-corrected chi connectivity index (χ0v) is 11.8. The van der Waals surface area contributed by atoms with E-state index in [1.807, 2.05) is 0 Å². The van der Waals surface area contributed by atoms with Crippen molar-refractivity contribution in [3.63, 3.8) is 0 Å². The summed E-state index contributed by atoms with van der Waals surface area (Å²) in [5.41, 5.74) is 0. The molecule has 0 spiro atoms. The Hall–Kier alpha value is -1.73. The fourth-order valence-electron chi connectivity index (χ4n) is 2.37. The number of aromatic carboxylic acids is 1. The van der Waals surface area contributed by atoms with E-state index in [4.69, 9.17) is 9.63 Å². The SMILES string of the molecule is C[C@@H]1CNC[C@H]1Cc1nc(-c2ccc(C(=O)O)s2)no1. The Labute approximate surface area is 119 Å². The predicted molar refractivity (Wildman–Crippen MR) is 73.8 cm³/mol. The van der Waals surface area contributed by atoms with E-state index >= 15 is 0 Å². The molecule has 3 heterocycles. The largest absolute Gasteiger partial charge is 0.477 e. The van der Waals surface area contributed by atoms with Gasteiger partial charge in [-0.3, -0.25) is 0 Å². The highest BCUT2D eigenvalue weighted by molar-refractivity contribution is 7.17. The zero-order chi connectivity index (χ0) is 14.1. The number of carboxylic acids is 1. The summed E-state index contributed by atoms with van der Waals surface area (Å²) in [6.45, 7) is 4.21. The third kappa shape index (κ3) is 2.59. The molecule has 2 aromatic rings. The highest BCUT2D eigenvalue weighted by Gasteiger charge is 2.25. The number of rotatable bonds is 4. The van der Waals surface area contributed by atoms with Crippen molar-refractivity contribution < 1.29 is 14.4 Å². The lowest BCUT2D eigenvalue weighted by molar-refractivity contribution is 0.0702. The van der Waals surface area contributed by atoms with E-state index in [2.05, 4.69) is 22.4 Å². The quantitative estimate of drug-likeness (QED) is 0.895. The molecule has 2 N–H and O–H groups in total. The van der Waals surface area contributed by atoms with Crippen molar-refractivity contribution in [3.05, 3.63) is 22.9 Å². The molecule has 1 fully saturated rings. The first-order valence-corrected chi connectivity index (χ1v) is 7.32. The Morgan fingerprint density at radius 2 is 2.40 bits per heavy atom. The van der Waals surface area contributed by atoms with Crippen LogP contribution in [0.15, 0.2) is 16.7 Å². The van der Waals surface area contributed by atoms with Gasteiger partial charge >= 0.3 is 5.97 Å². The van der Waals surface area contributed by atoms with Gasteiger partial charge in [0.05, 0.1) is 4.88 Å². The van der Waals surface area contributed by atoms with Crippen LogP contribution in [0.2, 0.25) is 0 Å². The van der Waals surface area contributed by atoms with Gasteiger partial charge in [0.25, 0.3) is 0 Å². The Balaban J connectivity index is 1.74. The van der Waals surface area contributed by atoms with Gasteiger partial charge in [0.1, 0.15) is 4.88 Å². The number of hydrogen-bond donors (Lipinski definition) is 2. The average Bonchev–Trinajstić information content (AvgIpc) is 3.11. The second-order valence-electron chi connectivity index (χ2n) is 5.08. The van der Waals surface area contributed by atoms with Crippen LogP contribution >= 0.6 is 11.3 Å². The van der Waals surface area contributed by atoms with Crippen LogP contribution in [0.1, 0.15) is 22.5 Å². The summed E-state index contributed by atoms with van der Waals surface area (Å²) in [5.74, 6) is 1.27. The molecule has 0 aliphatic carbocycles. The first kappa shape index (κ1) is 13.3. The van der Waals surface area contributed by atoms with Crippen LogP contribution < -0.4 is 5.32 Å². The van der Waals surface area contributed by atoms with E-state index in [1.165, 1.54) is 0 Å². The summed E-state index contributed by atoms with van der Waals surface area (Å²) in [5, 5.41) is 16.2. The monoisotopic (exact) mass is 293 g/mol. The van der Waals surface area contributed by atoms with E-state index < -0.39 is 5.97 Å². The van der Waals surface area contributed by atoms with Crippen LogP contribution in [0.3, 0.4) is 0 Å². The molecule has 0 saturated carbocycles. The third-order valence-electron chi connectivity index (χ3n) is 3.62. The van der Waals surface area contributed by atoms with Crippen molar-refractivity contribution >= 4 is 17.3 Å². The highest BCUT2D eigenvalue weighted by atomic mass is 32.1. The Bertz CT molecular complexity index is 622. The van der Waals surface area contributed by atoms with Crippen molar-refractivity contribution in [2.24, 2.45) is 11.8 Å². The third-order valence-corrected chi connectivity index (χ3v) is 4.69. The fraction of sp³-hybridized carbons (Fsp3) is 0.462. The van der Waals surface area contributed by atoms with Crippen molar-refractivity contribution in [2.75, 3.05) is 13.1 Å². The number of hydrogen-bond acceptors (Lipinski definition) is 6. The number of thiophene rings is 1. The molecule has 0 aromatic carbocycles. The molecule has 6 nitrogen and oxygen atoms in total. The highest BCUT2D eigenvalue weighted by Crippen LogP contribution is 2.27. The molecule has 0 bridgehead atoms. The molecule has 7 heteroatoms. The first-order chi connectivity index (χ1) is 9.63. The van der Waals surface area contributed by atoms with Gasteiger partial charge in [0.15, 0.2) is 0 Å². The molecule has 106 valence electrons. The standard InChI is InChI=1S/C13H15N3O3S/c1-7-5-14-6-8(7)4-11-15-12(16-19-11)9-2-3-10(20-9)13(17)18/h2-3,7-8,14H,4-6H2,1H3,(H,17,18)/t7-,8-/m1/s1. The van der Waals surface area contributed by atoms with Gasteiger partial charge in [-0.1, -0.05) is 12.1 Å². The van der Waals surface area contributed by atoms with Gasteiger partial charge in [0, 0.05) is 6.42 Å². The lowest BCUT2D eigenvalue weighted by Gasteiger charge is -2.09. The molecule has 1 aliphatic heterocycles. The fourth-order valence-corrected chi connectivity index (χ4v) is 3.14. The van der Waals surface area contributed by atoms with Crippen molar-refractivity contribution in [1.82, 2.24) is 15.5 Å². The van der Waals surface area contributed by atoms with Crippen LogP contribution in [0.5, 0.6) is 0 Å². The maximum absolute atomic E-state index is 10.9. The summed E-state index contributed by atoms with van der Waals surface area (Å²) in [4.78, 5) is 16.2. The molecule has 0 radical (unpaired) electrons. The van der Waals surface area contributed by atoms with Crippen LogP contribution in [0.4, 0.5) is 0 Å². The summed E-state index contributed by atoms with van der Waals surface area (Å²) < 4.78 is 5.27. The molecule has 20 heavy (non-hydrogen) atoms. The van der Waals surface area contributed by atoms with Gasteiger partial charge in [-0.2, -0.15) is 4.98 Å². The average molecular weight is 293 g/mol. The molecule has 3 rings (SSSR count). The number of carboxylic acid groups (broad SMARTS) is 1. The van der Waals surface area contributed by atoms with Gasteiger partial charge in [0.2, 0.25) is 11.7 Å². The van der Waals surface area contributed by atoms with Gasteiger partial charge in [-0.25, -0.2) is 4.79 Å². The van der Waals surface area contributed by atoms with Crippen LogP contribution in [0.25, 0.3) is 10.7 Å². The topological polar surface area (TPSA) is 88.2 Å². The number of aromatic nitrogens is 2. The lowest BCUT2D eigenvalue weighted by Crippen LogP contribution is -2.13. The molecule has 2 atom stereocenters. The molecule has 1 aliphatic rings. The van der Waals surface area contributed by atoms with E-state index in [9.17, 15) is 4.79 Å². The molecule has 0 amide bonds.